The number of aromatic nitrogens is 4. The number of alkyl halides is 2. The summed E-state index contributed by atoms with van der Waals surface area (Å²) < 4.78 is 72.3. The maximum absolute atomic E-state index is 15.7. The lowest BCUT2D eigenvalue weighted by Crippen LogP contribution is -2.36. The number of anilines is 1. The average molecular weight is 490 g/mol. The molecule has 4 aromatic rings. The number of aryl methyl sites for hydroxylation is 2. The summed E-state index contributed by atoms with van der Waals surface area (Å²) in [5.74, 6) is -0.0272. The molecule has 34 heavy (non-hydrogen) atoms. The first kappa shape index (κ1) is 22.5. The predicted octanol–water partition coefficient (Wildman–Crippen LogP) is 5.05. The molecule has 0 bridgehead atoms. The lowest BCUT2D eigenvalue weighted by Gasteiger charge is -2.35. The normalized spacial score (nSPS) is 14.9. The Bertz CT molecular complexity index is 1600. The van der Waals surface area contributed by atoms with Crippen molar-refractivity contribution in [3.05, 3.63) is 59.1 Å². The van der Waals surface area contributed by atoms with Gasteiger partial charge in [0, 0.05) is 17.1 Å². The van der Waals surface area contributed by atoms with Crippen molar-refractivity contribution in [2.24, 2.45) is 0 Å². The molecule has 0 unspecified atom stereocenters. The fraction of sp³-hybridized carbons (Fsp3) is 0.304. The largest absolute Gasteiger partial charge is 0.371 e. The van der Waals surface area contributed by atoms with Crippen LogP contribution in [0.3, 0.4) is 0 Å². The molecule has 178 valence electrons. The Kier molecular flexibility index (Phi) is 4.68. The van der Waals surface area contributed by atoms with Crippen LogP contribution in [0.4, 0.5) is 18.9 Å². The SMILES string of the molecule is Cc1ccc(-c2c(F)cc3c(c2C(F)F)-n2c(C)nnc2C(C)(C)N3)c2ccn(S(C)(=O)=O)c12. The van der Waals surface area contributed by atoms with E-state index in [9.17, 15) is 17.2 Å². The Balaban J connectivity index is 1.92. The minimum atomic E-state index is -3.67. The van der Waals surface area contributed by atoms with Crippen molar-refractivity contribution in [3.63, 3.8) is 0 Å². The topological polar surface area (TPSA) is 81.8 Å². The Hall–Kier alpha value is -3.34. The number of rotatable bonds is 3. The molecule has 1 aliphatic rings. The minimum Gasteiger partial charge on any atom is -0.371 e. The number of nitrogens with zero attached hydrogens (tertiary/aromatic N) is 4. The first-order valence-corrected chi connectivity index (χ1v) is 12.3. The molecule has 7 nitrogen and oxygen atoms in total. The molecule has 0 saturated carbocycles. The molecular weight excluding hydrogens is 467 g/mol. The van der Waals surface area contributed by atoms with E-state index in [0.717, 1.165) is 10.2 Å². The lowest BCUT2D eigenvalue weighted by molar-refractivity contribution is 0.151. The van der Waals surface area contributed by atoms with Crippen molar-refractivity contribution < 1.29 is 21.6 Å². The van der Waals surface area contributed by atoms with Gasteiger partial charge < -0.3 is 5.32 Å². The summed E-state index contributed by atoms with van der Waals surface area (Å²) in [5, 5.41) is 11.7. The second-order valence-electron chi connectivity index (χ2n) is 9.07. The fourth-order valence-electron chi connectivity index (χ4n) is 4.80. The van der Waals surface area contributed by atoms with Crippen molar-refractivity contribution in [1.82, 2.24) is 18.7 Å². The molecule has 0 amide bonds. The molecule has 2 aromatic heterocycles. The minimum absolute atomic E-state index is 0.0829. The highest BCUT2D eigenvalue weighted by Gasteiger charge is 2.39. The average Bonchev–Trinajstić information content (AvgIpc) is 3.33. The molecule has 0 spiro atoms. The molecule has 2 aromatic carbocycles. The van der Waals surface area contributed by atoms with Crippen molar-refractivity contribution in [2.75, 3.05) is 11.6 Å². The third kappa shape index (κ3) is 3.06. The van der Waals surface area contributed by atoms with Crippen molar-refractivity contribution >= 4 is 26.6 Å². The van der Waals surface area contributed by atoms with Crippen LogP contribution in [-0.4, -0.2) is 33.4 Å². The van der Waals surface area contributed by atoms with Gasteiger partial charge in [-0.05, 0) is 51.0 Å². The highest BCUT2D eigenvalue weighted by atomic mass is 32.2. The summed E-state index contributed by atoms with van der Waals surface area (Å²) >= 11 is 0. The van der Waals surface area contributed by atoms with Crippen LogP contribution in [0.25, 0.3) is 27.7 Å². The Morgan fingerprint density at radius 2 is 1.82 bits per heavy atom. The molecule has 0 aliphatic carbocycles. The van der Waals surface area contributed by atoms with Crippen LogP contribution in [0.15, 0.2) is 30.5 Å². The van der Waals surface area contributed by atoms with E-state index in [1.807, 2.05) is 0 Å². The van der Waals surface area contributed by atoms with Gasteiger partial charge in [0.1, 0.15) is 11.6 Å². The van der Waals surface area contributed by atoms with E-state index >= 15 is 4.39 Å². The lowest BCUT2D eigenvalue weighted by atomic mass is 9.90. The van der Waals surface area contributed by atoms with Crippen molar-refractivity contribution in [1.29, 1.82) is 0 Å². The number of hydrogen-bond acceptors (Lipinski definition) is 5. The molecule has 1 aliphatic heterocycles. The van der Waals surface area contributed by atoms with Crippen LogP contribution >= 0.6 is 0 Å². The second kappa shape index (κ2) is 7.08. The molecule has 0 atom stereocenters. The monoisotopic (exact) mass is 489 g/mol. The van der Waals surface area contributed by atoms with Gasteiger partial charge in [-0.1, -0.05) is 12.1 Å². The van der Waals surface area contributed by atoms with Crippen LogP contribution in [-0.2, 0) is 15.6 Å². The van der Waals surface area contributed by atoms with E-state index in [0.29, 0.717) is 28.1 Å². The van der Waals surface area contributed by atoms with Crippen molar-refractivity contribution in [2.45, 2.75) is 39.7 Å². The van der Waals surface area contributed by atoms with Gasteiger partial charge in [-0.15, -0.1) is 10.2 Å². The molecular formula is C23H22F3N5O2S. The zero-order valence-corrected chi connectivity index (χ0v) is 19.9. The zero-order valence-electron chi connectivity index (χ0n) is 19.1. The molecule has 5 rings (SSSR count). The van der Waals surface area contributed by atoms with Crippen LogP contribution in [0.5, 0.6) is 0 Å². The zero-order chi connectivity index (χ0) is 24.7. The predicted molar refractivity (Wildman–Crippen MR) is 124 cm³/mol. The van der Waals surface area contributed by atoms with Crippen molar-refractivity contribution in [3.8, 4) is 16.8 Å². The molecule has 0 saturated heterocycles. The van der Waals surface area contributed by atoms with Gasteiger partial charge >= 0.3 is 0 Å². The summed E-state index contributed by atoms with van der Waals surface area (Å²) in [5.41, 5.74) is -0.177. The third-order valence-corrected chi connectivity index (χ3v) is 7.22. The van der Waals surface area contributed by atoms with Crippen LogP contribution in [0.1, 0.15) is 43.0 Å². The number of hydrogen-bond donors (Lipinski definition) is 1. The molecule has 3 heterocycles. The van der Waals surface area contributed by atoms with Crippen LogP contribution in [0, 0.1) is 19.7 Å². The molecule has 0 radical (unpaired) electrons. The van der Waals surface area contributed by atoms with Gasteiger partial charge in [-0.25, -0.2) is 25.6 Å². The van der Waals surface area contributed by atoms with E-state index in [1.165, 1.54) is 22.9 Å². The van der Waals surface area contributed by atoms with Gasteiger partial charge in [-0.3, -0.25) is 4.57 Å². The number of fused-ring (bicyclic) bond motifs is 4. The first-order valence-electron chi connectivity index (χ1n) is 10.5. The number of nitrogens with one attached hydrogen (secondary N) is 1. The maximum Gasteiger partial charge on any atom is 0.266 e. The summed E-state index contributed by atoms with van der Waals surface area (Å²) in [7, 11) is -3.67. The Labute approximate surface area is 194 Å². The summed E-state index contributed by atoms with van der Waals surface area (Å²) in [6.07, 6.45) is -0.640. The highest BCUT2D eigenvalue weighted by molar-refractivity contribution is 7.89. The van der Waals surface area contributed by atoms with Gasteiger partial charge in [0.15, 0.2) is 5.82 Å². The first-order chi connectivity index (χ1) is 15.8. The number of halogens is 3. The fourth-order valence-corrected chi connectivity index (χ4v) is 5.65. The van der Waals surface area contributed by atoms with E-state index in [4.69, 9.17) is 0 Å². The smallest absolute Gasteiger partial charge is 0.266 e. The van der Waals surface area contributed by atoms with Gasteiger partial charge in [0.2, 0.25) is 10.0 Å². The van der Waals surface area contributed by atoms with E-state index in [1.54, 1.807) is 39.8 Å². The molecule has 1 N–H and O–H groups in total. The Morgan fingerprint density at radius 3 is 2.47 bits per heavy atom. The van der Waals surface area contributed by atoms with Gasteiger partial charge in [-0.2, -0.15) is 0 Å². The van der Waals surface area contributed by atoms with E-state index in [2.05, 4.69) is 15.5 Å². The summed E-state index contributed by atoms with van der Waals surface area (Å²) in [6.45, 7) is 6.97. The van der Waals surface area contributed by atoms with Gasteiger partial charge in [0.25, 0.3) is 6.43 Å². The standard InChI is InChI=1S/C23H22F3N5O2S/c1-11-6-7-13(14-8-9-30(19(11)14)34(5,32)33)17-15(24)10-16-20(18(17)21(25)26)31-12(2)28-29-22(31)23(3,4)27-16/h6-10,21,27H,1-5H3. The summed E-state index contributed by atoms with van der Waals surface area (Å²) in [4.78, 5) is 0. The third-order valence-electron chi connectivity index (χ3n) is 6.20. The van der Waals surface area contributed by atoms with Crippen LogP contribution in [0.2, 0.25) is 0 Å². The quantitative estimate of drug-likeness (QED) is 0.436. The molecule has 11 heteroatoms. The van der Waals surface area contributed by atoms with E-state index in [-0.39, 0.29) is 22.5 Å². The second-order valence-corrected chi connectivity index (χ2v) is 10.9. The maximum atomic E-state index is 15.7. The van der Waals surface area contributed by atoms with E-state index < -0.39 is 33.4 Å². The molecule has 0 fully saturated rings. The summed E-state index contributed by atoms with van der Waals surface area (Å²) in [6, 6.07) is 5.84. The van der Waals surface area contributed by atoms with Gasteiger partial charge in [0.05, 0.1) is 34.2 Å². The number of benzene rings is 2. The van der Waals surface area contributed by atoms with Crippen LogP contribution < -0.4 is 5.32 Å². The highest BCUT2D eigenvalue weighted by Crippen LogP contribution is 2.47. The Morgan fingerprint density at radius 1 is 1.12 bits per heavy atom.